The van der Waals surface area contributed by atoms with Crippen LogP contribution in [0.1, 0.15) is 33.0 Å². The molecule has 2 N–H and O–H groups in total. The SMILES string of the molecule is CCNC(=NCc1nnc2ccccn12)NCC(CC(C)C)N1CCOCC1.I. The first kappa shape index (κ1) is 23.8. The van der Waals surface area contributed by atoms with E-state index in [1.54, 1.807) is 0 Å². The van der Waals surface area contributed by atoms with Crippen LogP contribution in [0.25, 0.3) is 5.65 Å². The molecule has 162 valence electrons. The third kappa shape index (κ3) is 7.07. The predicted octanol–water partition coefficient (Wildman–Crippen LogP) is 2.15. The topological polar surface area (TPSA) is 79.1 Å². The molecule has 1 saturated heterocycles. The van der Waals surface area contributed by atoms with Gasteiger partial charge in [-0.1, -0.05) is 19.9 Å². The van der Waals surface area contributed by atoms with Crippen LogP contribution in [0.5, 0.6) is 0 Å². The van der Waals surface area contributed by atoms with Crippen molar-refractivity contribution in [3.8, 4) is 0 Å². The smallest absolute Gasteiger partial charge is 0.191 e. The third-order valence-electron chi connectivity index (χ3n) is 4.92. The van der Waals surface area contributed by atoms with E-state index >= 15 is 0 Å². The van der Waals surface area contributed by atoms with E-state index in [0.29, 0.717) is 18.5 Å². The van der Waals surface area contributed by atoms with Crippen molar-refractivity contribution >= 4 is 35.6 Å². The molecule has 1 fully saturated rings. The van der Waals surface area contributed by atoms with E-state index in [2.05, 4.69) is 46.5 Å². The van der Waals surface area contributed by atoms with E-state index in [1.807, 2.05) is 28.8 Å². The lowest BCUT2D eigenvalue weighted by Gasteiger charge is -2.35. The number of fused-ring (bicyclic) bond motifs is 1. The minimum absolute atomic E-state index is 0. The third-order valence-corrected chi connectivity index (χ3v) is 4.92. The molecule has 0 spiro atoms. The number of ether oxygens (including phenoxy) is 1. The van der Waals surface area contributed by atoms with Crippen molar-refractivity contribution in [3.05, 3.63) is 30.2 Å². The molecule has 1 unspecified atom stereocenters. The van der Waals surface area contributed by atoms with Crippen molar-refractivity contribution < 1.29 is 4.74 Å². The zero-order valence-electron chi connectivity index (χ0n) is 17.7. The summed E-state index contributed by atoms with van der Waals surface area (Å²) in [4.78, 5) is 7.26. The van der Waals surface area contributed by atoms with Gasteiger partial charge >= 0.3 is 0 Å². The molecule has 1 aliphatic heterocycles. The Hall–Kier alpha value is -1.46. The quantitative estimate of drug-likeness (QED) is 0.319. The Morgan fingerprint density at radius 1 is 1.21 bits per heavy atom. The number of nitrogens with one attached hydrogen (secondary N) is 2. The Kier molecular flexibility index (Phi) is 10.1. The van der Waals surface area contributed by atoms with Crippen LogP contribution in [0, 0.1) is 5.92 Å². The largest absolute Gasteiger partial charge is 0.379 e. The average molecular weight is 515 g/mol. The van der Waals surface area contributed by atoms with Crippen LogP contribution in [0.2, 0.25) is 0 Å². The molecular weight excluding hydrogens is 481 g/mol. The minimum Gasteiger partial charge on any atom is -0.379 e. The summed E-state index contributed by atoms with van der Waals surface area (Å²) < 4.78 is 7.50. The van der Waals surface area contributed by atoms with Gasteiger partial charge in [0.2, 0.25) is 0 Å². The number of rotatable bonds is 8. The summed E-state index contributed by atoms with van der Waals surface area (Å²) in [7, 11) is 0. The molecule has 0 aromatic carbocycles. The molecule has 8 nitrogen and oxygen atoms in total. The summed E-state index contributed by atoms with van der Waals surface area (Å²) in [5.41, 5.74) is 0.843. The lowest BCUT2D eigenvalue weighted by molar-refractivity contribution is 0.0132. The molecule has 2 aromatic heterocycles. The van der Waals surface area contributed by atoms with Gasteiger partial charge < -0.3 is 15.4 Å². The number of morpholine rings is 1. The average Bonchev–Trinajstić information content (AvgIpc) is 3.12. The summed E-state index contributed by atoms with van der Waals surface area (Å²) in [5, 5.41) is 15.3. The van der Waals surface area contributed by atoms with Gasteiger partial charge in [0.1, 0.15) is 6.54 Å². The molecule has 0 aliphatic carbocycles. The summed E-state index contributed by atoms with van der Waals surface area (Å²) in [5.74, 6) is 2.30. The zero-order chi connectivity index (χ0) is 19.8. The van der Waals surface area contributed by atoms with Crippen LogP contribution in [0.4, 0.5) is 0 Å². The molecule has 0 saturated carbocycles. The van der Waals surface area contributed by atoms with E-state index in [9.17, 15) is 0 Å². The van der Waals surface area contributed by atoms with Crippen molar-refractivity contribution in [1.29, 1.82) is 0 Å². The van der Waals surface area contributed by atoms with Crippen LogP contribution in [-0.2, 0) is 11.3 Å². The number of pyridine rings is 1. The normalized spacial score (nSPS) is 16.6. The maximum absolute atomic E-state index is 5.52. The number of nitrogens with zero attached hydrogens (tertiary/aromatic N) is 5. The van der Waals surface area contributed by atoms with Gasteiger partial charge in [0, 0.05) is 38.4 Å². The number of guanidine groups is 1. The second-order valence-corrected chi connectivity index (χ2v) is 7.55. The highest BCUT2D eigenvalue weighted by Crippen LogP contribution is 2.13. The number of aromatic nitrogens is 3. The molecular formula is C20H34IN7O. The minimum atomic E-state index is 0. The van der Waals surface area contributed by atoms with Crippen LogP contribution < -0.4 is 10.6 Å². The fourth-order valence-electron chi connectivity index (χ4n) is 3.55. The standard InChI is InChI=1S/C20H33N7O.HI/c1-4-21-20(23-15-19-25-24-18-7-5-6-8-27(18)19)22-14-17(13-16(2)3)26-9-11-28-12-10-26;/h5-8,16-17H,4,9-15H2,1-3H3,(H2,21,22,23);1H. The maximum Gasteiger partial charge on any atom is 0.191 e. The summed E-state index contributed by atoms with van der Waals surface area (Å²) >= 11 is 0. The van der Waals surface area contributed by atoms with E-state index in [0.717, 1.165) is 63.2 Å². The number of hydrogen-bond acceptors (Lipinski definition) is 5. The molecule has 2 aromatic rings. The van der Waals surface area contributed by atoms with E-state index < -0.39 is 0 Å². The first-order valence-corrected chi connectivity index (χ1v) is 10.3. The molecule has 3 rings (SSSR count). The Morgan fingerprint density at radius 2 is 2.00 bits per heavy atom. The van der Waals surface area contributed by atoms with Gasteiger partial charge in [-0.3, -0.25) is 9.30 Å². The van der Waals surface area contributed by atoms with Gasteiger partial charge in [0.25, 0.3) is 0 Å². The van der Waals surface area contributed by atoms with Crippen molar-refractivity contribution in [3.63, 3.8) is 0 Å². The Labute approximate surface area is 190 Å². The molecule has 1 aliphatic rings. The molecule has 0 amide bonds. The Balaban J connectivity index is 0.00000300. The monoisotopic (exact) mass is 515 g/mol. The highest BCUT2D eigenvalue weighted by atomic mass is 127. The second-order valence-electron chi connectivity index (χ2n) is 7.55. The predicted molar refractivity (Wildman–Crippen MR) is 127 cm³/mol. The molecule has 1 atom stereocenters. The van der Waals surface area contributed by atoms with Gasteiger partial charge in [-0.05, 0) is 31.4 Å². The van der Waals surface area contributed by atoms with Crippen molar-refractivity contribution in [1.82, 2.24) is 30.1 Å². The molecule has 29 heavy (non-hydrogen) atoms. The lowest BCUT2D eigenvalue weighted by Crippen LogP contribution is -2.51. The van der Waals surface area contributed by atoms with Crippen LogP contribution in [-0.4, -0.2) is 70.9 Å². The first-order valence-electron chi connectivity index (χ1n) is 10.3. The fraction of sp³-hybridized carbons (Fsp3) is 0.650. The summed E-state index contributed by atoms with van der Waals surface area (Å²) in [6.07, 6.45) is 3.12. The number of aliphatic imine (C=N–C) groups is 1. The highest BCUT2D eigenvalue weighted by Gasteiger charge is 2.22. The van der Waals surface area contributed by atoms with Crippen LogP contribution in [0.15, 0.2) is 29.4 Å². The first-order chi connectivity index (χ1) is 13.7. The summed E-state index contributed by atoms with van der Waals surface area (Å²) in [6, 6.07) is 6.36. The number of hydrogen-bond donors (Lipinski definition) is 2. The maximum atomic E-state index is 5.52. The van der Waals surface area contributed by atoms with Crippen LogP contribution >= 0.6 is 24.0 Å². The molecule has 0 radical (unpaired) electrons. The van der Waals surface area contributed by atoms with E-state index in [-0.39, 0.29) is 24.0 Å². The Bertz CT molecular complexity index is 758. The van der Waals surface area contributed by atoms with Gasteiger partial charge in [0.05, 0.1) is 13.2 Å². The lowest BCUT2D eigenvalue weighted by atomic mass is 10.0. The van der Waals surface area contributed by atoms with Crippen molar-refractivity contribution in [2.75, 3.05) is 39.4 Å². The second kappa shape index (κ2) is 12.3. The van der Waals surface area contributed by atoms with E-state index in [1.165, 1.54) is 0 Å². The van der Waals surface area contributed by atoms with Crippen molar-refractivity contribution in [2.24, 2.45) is 10.9 Å². The zero-order valence-corrected chi connectivity index (χ0v) is 20.0. The van der Waals surface area contributed by atoms with Crippen molar-refractivity contribution in [2.45, 2.75) is 39.8 Å². The highest BCUT2D eigenvalue weighted by molar-refractivity contribution is 14.0. The molecule has 9 heteroatoms. The van der Waals surface area contributed by atoms with E-state index in [4.69, 9.17) is 9.73 Å². The molecule has 3 heterocycles. The van der Waals surface area contributed by atoms with Gasteiger partial charge in [-0.2, -0.15) is 0 Å². The Morgan fingerprint density at radius 3 is 2.72 bits per heavy atom. The van der Waals surface area contributed by atoms with Crippen LogP contribution in [0.3, 0.4) is 0 Å². The van der Waals surface area contributed by atoms with Gasteiger partial charge in [0.15, 0.2) is 17.4 Å². The molecule has 0 bridgehead atoms. The van der Waals surface area contributed by atoms with Gasteiger partial charge in [-0.15, -0.1) is 34.2 Å². The summed E-state index contributed by atoms with van der Waals surface area (Å²) in [6.45, 7) is 12.4. The number of halogens is 1. The fourth-order valence-corrected chi connectivity index (χ4v) is 3.55. The van der Waals surface area contributed by atoms with Gasteiger partial charge in [-0.25, -0.2) is 4.99 Å².